The lowest BCUT2D eigenvalue weighted by Crippen LogP contribution is -2.38. The summed E-state index contributed by atoms with van der Waals surface area (Å²) in [7, 11) is -2.32. The van der Waals surface area contributed by atoms with E-state index in [0.29, 0.717) is 11.4 Å². The number of amides is 2. The van der Waals surface area contributed by atoms with Crippen molar-refractivity contribution >= 4 is 38.5 Å². The molecule has 1 heterocycles. The number of hydrogen-bond donors (Lipinski definition) is 3. The topological polar surface area (TPSA) is 105 Å². The number of nitrogens with zero attached hydrogens (tertiary/aromatic N) is 2. The van der Waals surface area contributed by atoms with E-state index >= 15 is 0 Å². The van der Waals surface area contributed by atoms with Crippen LogP contribution in [0.5, 0.6) is 0 Å². The van der Waals surface area contributed by atoms with E-state index < -0.39 is 16.2 Å². The third-order valence-corrected chi connectivity index (χ3v) is 6.01. The molecule has 0 aliphatic rings. The summed E-state index contributed by atoms with van der Waals surface area (Å²) in [6.45, 7) is 10.2. The molecule has 0 aliphatic heterocycles. The van der Waals surface area contributed by atoms with Crippen molar-refractivity contribution in [1.29, 1.82) is 0 Å². The number of rotatable bonds is 6. The zero-order valence-corrected chi connectivity index (χ0v) is 19.5. The molecule has 3 rings (SSSR count). The molecule has 0 spiro atoms. The Morgan fingerprint density at radius 2 is 1.65 bits per heavy atom. The Morgan fingerprint density at radius 1 is 1.03 bits per heavy atom. The van der Waals surface area contributed by atoms with Crippen LogP contribution < -0.4 is 14.8 Å². The van der Waals surface area contributed by atoms with Crippen molar-refractivity contribution in [2.24, 2.45) is 7.05 Å². The fourth-order valence-electron chi connectivity index (χ4n) is 3.57. The minimum atomic E-state index is -4.13. The third-order valence-electron chi connectivity index (χ3n) is 5.05. The Labute approximate surface area is 183 Å². The largest absolute Gasteiger partial charge is 0.334 e. The fourth-order valence-corrected chi connectivity index (χ4v) is 4.35. The van der Waals surface area contributed by atoms with Crippen LogP contribution in [0.4, 0.5) is 16.2 Å². The quantitative estimate of drug-likeness (QED) is 0.517. The molecule has 1 aromatic heterocycles. The predicted molar refractivity (Wildman–Crippen MR) is 125 cm³/mol. The maximum Gasteiger partial charge on any atom is 0.334 e. The summed E-state index contributed by atoms with van der Waals surface area (Å²) in [6, 6.07) is 8.25. The first-order valence-electron chi connectivity index (χ1n) is 10.1. The predicted octanol–water partition coefficient (Wildman–Crippen LogP) is 4.61. The molecule has 0 radical (unpaired) electrons. The van der Waals surface area contributed by atoms with Gasteiger partial charge in [-0.3, -0.25) is 9.40 Å². The summed E-state index contributed by atoms with van der Waals surface area (Å²) in [6.07, 6.45) is 1.64. The van der Waals surface area contributed by atoms with Gasteiger partial charge < -0.3 is 5.32 Å². The summed E-state index contributed by atoms with van der Waals surface area (Å²) in [5, 5.41) is 7.69. The van der Waals surface area contributed by atoms with Crippen LogP contribution in [0.1, 0.15) is 56.2 Å². The van der Waals surface area contributed by atoms with E-state index in [2.05, 4.69) is 15.1 Å². The number of fused-ring (bicyclic) bond motifs is 1. The molecule has 3 N–H and O–H groups in total. The van der Waals surface area contributed by atoms with E-state index in [1.165, 1.54) is 0 Å². The van der Waals surface area contributed by atoms with Gasteiger partial charge in [0, 0.05) is 18.1 Å². The maximum atomic E-state index is 12.6. The highest BCUT2D eigenvalue weighted by molar-refractivity contribution is 7.91. The fraction of sp³-hybridized carbons (Fsp3) is 0.364. The van der Waals surface area contributed by atoms with Gasteiger partial charge in [0.1, 0.15) is 0 Å². The Kier molecular flexibility index (Phi) is 6.26. The number of nitrogens with one attached hydrogen (secondary N) is 3. The van der Waals surface area contributed by atoms with E-state index in [0.717, 1.165) is 27.6 Å². The molecule has 0 saturated carbocycles. The monoisotopic (exact) mass is 443 g/mol. The molecule has 0 saturated heterocycles. The van der Waals surface area contributed by atoms with Crippen molar-refractivity contribution in [3.8, 4) is 0 Å². The molecule has 0 bridgehead atoms. The Morgan fingerprint density at radius 3 is 2.23 bits per heavy atom. The van der Waals surface area contributed by atoms with Crippen molar-refractivity contribution in [3.63, 3.8) is 0 Å². The van der Waals surface area contributed by atoms with E-state index in [4.69, 9.17) is 0 Å². The van der Waals surface area contributed by atoms with E-state index in [1.54, 1.807) is 36.1 Å². The van der Waals surface area contributed by atoms with Crippen molar-refractivity contribution in [2.75, 3.05) is 10.0 Å². The molecule has 3 aromatic rings. The van der Waals surface area contributed by atoms with Crippen LogP contribution in [0.2, 0.25) is 0 Å². The molecule has 2 amide bonds. The molecule has 31 heavy (non-hydrogen) atoms. The first-order valence-corrected chi connectivity index (χ1v) is 11.6. The summed E-state index contributed by atoms with van der Waals surface area (Å²) >= 11 is 0. The molecule has 8 nitrogen and oxygen atoms in total. The van der Waals surface area contributed by atoms with Crippen molar-refractivity contribution < 1.29 is 13.2 Å². The lowest BCUT2D eigenvalue weighted by Gasteiger charge is -2.21. The van der Waals surface area contributed by atoms with Gasteiger partial charge in [-0.15, -0.1) is 0 Å². The Bertz CT molecular complexity index is 1200. The van der Waals surface area contributed by atoms with Gasteiger partial charge in [0.25, 0.3) is 0 Å². The lowest BCUT2D eigenvalue weighted by molar-refractivity contribution is 0.256. The maximum absolute atomic E-state index is 12.6. The average Bonchev–Trinajstić information content (AvgIpc) is 3.01. The smallest absolute Gasteiger partial charge is 0.307 e. The molecule has 0 aliphatic carbocycles. The van der Waals surface area contributed by atoms with E-state index in [1.807, 2.05) is 51.5 Å². The van der Waals surface area contributed by atoms with Crippen LogP contribution in [-0.4, -0.2) is 24.2 Å². The average molecular weight is 444 g/mol. The molecule has 2 aromatic carbocycles. The van der Waals surface area contributed by atoms with E-state index in [9.17, 15) is 13.2 Å². The number of benzene rings is 2. The van der Waals surface area contributed by atoms with Crippen molar-refractivity contribution in [1.82, 2.24) is 14.5 Å². The minimum absolute atomic E-state index is 0.161. The molecule has 166 valence electrons. The molecule has 9 heteroatoms. The molecular weight excluding hydrogens is 414 g/mol. The number of hydrogen-bond acceptors (Lipinski definition) is 4. The number of anilines is 2. The van der Waals surface area contributed by atoms with E-state index in [-0.39, 0.29) is 11.8 Å². The number of aryl methyl sites for hydroxylation is 2. The normalized spacial score (nSPS) is 11.9. The SMILES string of the molecule is Cc1cc(C(C)C)c(NC(=O)NS(=O)(=O)Nc2ccc3c(cnn3C)c2)c(C(C)C)c1. The van der Waals surface area contributed by atoms with Gasteiger partial charge in [-0.2, -0.15) is 13.5 Å². The van der Waals surface area contributed by atoms with Crippen LogP contribution in [0, 0.1) is 6.92 Å². The Hall–Kier alpha value is -3.07. The van der Waals surface area contributed by atoms with Gasteiger partial charge in [-0.25, -0.2) is 9.52 Å². The zero-order chi connectivity index (χ0) is 22.9. The lowest BCUT2D eigenvalue weighted by atomic mass is 9.90. The van der Waals surface area contributed by atoms with Crippen molar-refractivity contribution in [3.05, 3.63) is 53.2 Å². The molecule has 0 atom stereocenters. The van der Waals surface area contributed by atoms with Crippen LogP contribution in [-0.2, 0) is 17.3 Å². The summed E-state index contributed by atoms with van der Waals surface area (Å²) in [4.78, 5) is 12.6. The van der Waals surface area contributed by atoms with Gasteiger partial charge >= 0.3 is 16.2 Å². The first-order chi connectivity index (χ1) is 14.5. The number of urea groups is 1. The standard InChI is InChI=1S/C22H29N5O3S/c1-13(2)18-9-15(5)10-19(14(3)4)21(18)24-22(28)26-31(29,30)25-17-7-8-20-16(11-17)12-23-27(20)6/h7-14,25H,1-6H3,(H2,24,26,28). The van der Waals surface area contributed by atoms with Crippen LogP contribution in [0.25, 0.3) is 10.9 Å². The zero-order valence-electron chi connectivity index (χ0n) is 18.6. The van der Waals surface area contributed by atoms with Crippen LogP contribution in [0.3, 0.4) is 0 Å². The van der Waals surface area contributed by atoms with Crippen LogP contribution in [0.15, 0.2) is 36.5 Å². The number of aromatic nitrogens is 2. The molecular formula is C22H29N5O3S. The molecule has 0 unspecified atom stereocenters. The molecule has 0 fully saturated rings. The second-order valence-electron chi connectivity index (χ2n) is 8.33. The summed E-state index contributed by atoms with van der Waals surface area (Å²) in [5.74, 6) is 0.322. The first kappa shape index (κ1) is 22.6. The van der Waals surface area contributed by atoms with Gasteiger partial charge in [0.05, 0.1) is 17.4 Å². The highest BCUT2D eigenvalue weighted by Gasteiger charge is 2.20. The number of carbonyl (C=O) groups excluding carboxylic acids is 1. The Balaban J connectivity index is 1.80. The van der Waals surface area contributed by atoms with Gasteiger partial charge in [0.15, 0.2) is 0 Å². The second kappa shape index (κ2) is 8.58. The van der Waals surface area contributed by atoms with Crippen LogP contribution >= 0.6 is 0 Å². The minimum Gasteiger partial charge on any atom is -0.307 e. The van der Waals surface area contributed by atoms with Gasteiger partial charge in [-0.1, -0.05) is 45.4 Å². The number of carbonyl (C=O) groups is 1. The second-order valence-corrected chi connectivity index (χ2v) is 9.75. The summed E-state index contributed by atoms with van der Waals surface area (Å²) in [5.41, 5.74) is 4.88. The highest BCUT2D eigenvalue weighted by Crippen LogP contribution is 2.33. The van der Waals surface area contributed by atoms with Gasteiger partial charge in [-0.05, 0) is 48.1 Å². The van der Waals surface area contributed by atoms with Gasteiger partial charge in [0.2, 0.25) is 0 Å². The highest BCUT2D eigenvalue weighted by atomic mass is 32.2. The van der Waals surface area contributed by atoms with Crippen molar-refractivity contribution in [2.45, 2.75) is 46.5 Å². The summed E-state index contributed by atoms with van der Waals surface area (Å²) < 4.78 is 31.2. The third kappa shape index (κ3) is 5.16.